The van der Waals surface area contributed by atoms with Crippen molar-refractivity contribution in [2.24, 2.45) is 0 Å². The second-order valence-corrected chi connectivity index (χ2v) is 4.45. The van der Waals surface area contributed by atoms with Gasteiger partial charge >= 0.3 is 0 Å². The summed E-state index contributed by atoms with van der Waals surface area (Å²) in [7, 11) is 0. The highest BCUT2D eigenvalue weighted by Crippen LogP contribution is 2.10. The third kappa shape index (κ3) is 2.45. The van der Waals surface area contributed by atoms with Crippen molar-refractivity contribution in [2.75, 3.05) is 13.1 Å². The molecule has 0 N–H and O–H groups in total. The van der Waals surface area contributed by atoms with Crippen molar-refractivity contribution in [1.29, 1.82) is 0 Å². The maximum atomic E-state index is 4.41. The van der Waals surface area contributed by atoms with Crippen LogP contribution >= 0.6 is 0 Å². The maximum absolute atomic E-state index is 4.41. The van der Waals surface area contributed by atoms with E-state index in [4.69, 9.17) is 0 Å². The third-order valence-electron chi connectivity index (χ3n) is 3.10. The van der Waals surface area contributed by atoms with Gasteiger partial charge in [0.2, 0.25) is 0 Å². The van der Waals surface area contributed by atoms with Crippen molar-refractivity contribution in [3.8, 4) is 0 Å². The zero-order valence-corrected chi connectivity index (χ0v) is 10.2. The highest BCUT2D eigenvalue weighted by molar-refractivity contribution is 5.72. The first-order chi connectivity index (χ1) is 8.92. The fraction of sp³-hybridized carbons (Fsp3) is 0.385. The van der Waals surface area contributed by atoms with Gasteiger partial charge in [-0.25, -0.2) is 4.98 Å². The van der Waals surface area contributed by atoms with E-state index >= 15 is 0 Å². The molecule has 0 aromatic carbocycles. The van der Waals surface area contributed by atoms with E-state index in [1.165, 1.54) is 19.3 Å². The first-order valence-electron chi connectivity index (χ1n) is 6.28. The molecule has 0 saturated carbocycles. The van der Waals surface area contributed by atoms with Crippen LogP contribution in [0, 0.1) is 0 Å². The van der Waals surface area contributed by atoms with Crippen molar-refractivity contribution >= 4 is 17.1 Å². The molecule has 2 aromatic heterocycles. The maximum Gasteiger partial charge on any atom is 0.176 e. The highest BCUT2D eigenvalue weighted by atomic mass is 15.2. The molecule has 0 atom stereocenters. The second-order valence-electron chi connectivity index (χ2n) is 4.45. The fourth-order valence-electron chi connectivity index (χ4n) is 2.11. The molecule has 3 rings (SSSR count). The van der Waals surface area contributed by atoms with E-state index in [1.807, 2.05) is 12.1 Å². The minimum atomic E-state index is 0.640. The molecular weight excluding hydrogens is 226 g/mol. The Hall–Kier alpha value is -2.04. The van der Waals surface area contributed by atoms with E-state index in [1.54, 1.807) is 12.4 Å². The molecule has 0 spiro atoms. The van der Waals surface area contributed by atoms with Crippen molar-refractivity contribution in [2.45, 2.75) is 19.3 Å². The summed E-state index contributed by atoms with van der Waals surface area (Å²) in [5.41, 5.74) is 1.56. The minimum Gasteiger partial charge on any atom is -0.377 e. The van der Waals surface area contributed by atoms with Gasteiger partial charge in [-0.3, -0.25) is 4.98 Å². The highest BCUT2D eigenvalue weighted by Gasteiger charge is 2.05. The molecular formula is C13H15N5. The first-order valence-corrected chi connectivity index (χ1v) is 6.28. The van der Waals surface area contributed by atoms with Crippen LogP contribution in [0.15, 0.2) is 24.7 Å². The van der Waals surface area contributed by atoms with Gasteiger partial charge in [0.05, 0.1) is 6.20 Å². The molecule has 3 heterocycles. The molecule has 5 nitrogen and oxygen atoms in total. The number of pyridine rings is 1. The summed E-state index contributed by atoms with van der Waals surface area (Å²) in [4.78, 5) is 10.8. The Morgan fingerprint density at radius 3 is 2.83 bits per heavy atom. The molecule has 92 valence electrons. The van der Waals surface area contributed by atoms with E-state index in [9.17, 15) is 0 Å². The molecule has 2 aromatic rings. The summed E-state index contributed by atoms with van der Waals surface area (Å²) in [6.45, 7) is 2.25. The lowest BCUT2D eigenvalue weighted by molar-refractivity contribution is 0.311. The van der Waals surface area contributed by atoms with E-state index < -0.39 is 0 Å². The van der Waals surface area contributed by atoms with Gasteiger partial charge in [-0.1, -0.05) is 0 Å². The van der Waals surface area contributed by atoms with Gasteiger partial charge in [0.1, 0.15) is 11.0 Å². The van der Waals surface area contributed by atoms with Gasteiger partial charge in [0.15, 0.2) is 5.82 Å². The molecule has 18 heavy (non-hydrogen) atoms. The van der Waals surface area contributed by atoms with Crippen LogP contribution in [0.2, 0.25) is 0 Å². The second kappa shape index (κ2) is 5.08. The van der Waals surface area contributed by atoms with Crippen LogP contribution in [0.3, 0.4) is 0 Å². The minimum absolute atomic E-state index is 0.640. The third-order valence-corrected chi connectivity index (χ3v) is 3.10. The number of rotatable bonds is 2. The summed E-state index contributed by atoms with van der Waals surface area (Å²) in [6.07, 6.45) is 11.3. The van der Waals surface area contributed by atoms with Gasteiger partial charge in [0.25, 0.3) is 0 Å². The normalized spacial score (nSPS) is 16.6. The van der Waals surface area contributed by atoms with Gasteiger partial charge < -0.3 is 4.90 Å². The number of hydrogen-bond acceptors (Lipinski definition) is 5. The molecule has 0 aliphatic carbocycles. The predicted octanol–water partition coefficient (Wildman–Crippen LogP) is 1.88. The van der Waals surface area contributed by atoms with Crippen LogP contribution < -0.4 is 0 Å². The van der Waals surface area contributed by atoms with Gasteiger partial charge in [0, 0.05) is 31.6 Å². The van der Waals surface area contributed by atoms with Crippen LogP contribution in [0.25, 0.3) is 17.1 Å². The monoisotopic (exact) mass is 241 g/mol. The van der Waals surface area contributed by atoms with Crippen LogP contribution in [0.4, 0.5) is 0 Å². The standard InChI is InChI=1S/C13H15N5/c1-2-7-18(8-3-1)9-5-13-15-12-10-14-6-4-11(12)16-17-13/h4-6,9-10H,1-3,7-8H2. The van der Waals surface area contributed by atoms with E-state index in [0.717, 1.165) is 24.1 Å². The number of hydrogen-bond donors (Lipinski definition) is 0. The first kappa shape index (κ1) is 11.1. The van der Waals surface area contributed by atoms with Crippen molar-refractivity contribution in [1.82, 2.24) is 25.1 Å². The number of nitrogens with zero attached hydrogens (tertiary/aromatic N) is 5. The molecule has 0 amide bonds. The molecule has 0 radical (unpaired) electrons. The lowest BCUT2D eigenvalue weighted by atomic mass is 10.1. The topological polar surface area (TPSA) is 54.8 Å². The van der Waals surface area contributed by atoms with Gasteiger partial charge in [-0.15, -0.1) is 10.2 Å². The quantitative estimate of drug-likeness (QED) is 0.803. The summed E-state index contributed by atoms with van der Waals surface area (Å²) >= 11 is 0. The fourth-order valence-corrected chi connectivity index (χ4v) is 2.11. The lowest BCUT2D eigenvalue weighted by Gasteiger charge is -2.24. The van der Waals surface area contributed by atoms with Gasteiger partial charge in [-0.05, 0) is 25.3 Å². The summed E-state index contributed by atoms with van der Waals surface area (Å²) in [5.74, 6) is 0.640. The Kier molecular flexibility index (Phi) is 3.12. The summed E-state index contributed by atoms with van der Waals surface area (Å²) < 4.78 is 0. The Morgan fingerprint density at radius 2 is 1.94 bits per heavy atom. The van der Waals surface area contributed by atoms with Crippen LogP contribution in [-0.2, 0) is 0 Å². The van der Waals surface area contributed by atoms with Crippen LogP contribution in [0.1, 0.15) is 25.1 Å². The van der Waals surface area contributed by atoms with E-state index in [0.29, 0.717) is 5.82 Å². The van der Waals surface area contributed by atoms with Crippen molar-refractivity contribution in [3.05, 3.63) is 30.5 Å². The Labute approximate surface area is 106 Å². The number of piperidine rings is 1. The molecule has 1 saturated heterocycles. The lowest BCUT2D eigenvalue weighted by Crippen LogP contribution is -2.24. The van der Waals surface area contributed by atoms with Crippen LogP contribution in [0.5, 0.6) is 0 Å². The molecule has 1 aliphatic heterocycles. The number of likely N-dealkylation sites (tertiary alicyclic amines) is 1. The molecule has 1 fully saturated rings. The average molecular weight is 241 g/mol. The molecule has 1 aliphatic rings. The molecule has 0 bridgehead atoms. The van der Waals surface area contributed by atoms with E-state index in [-0.39, 0.29) is 0 Å². The molecule has 0 unspecified atom stereocenters. The predicted molar refractivity (Wildman–Crippen MR) is 69.6 cm³/mol. The Bertz CT molecular complexity index is 560. The van der Waals surface area contributed by atoms with E-state index in [2.05, 4.69) is 31.3 Å². The number of fused-ring (bicyclic) bond motifs is 1. The summed E-state index contributed by atoms with van der Waals surface area (Å²) in [5, 5.41) is 8.21. The van der Waals surface area contributed by atoms with Gasteiger partial charge in [-0.2, -0.15) is 0 Å². The average Bonchev–Trinajstić information content (AvgIpc) is 2.46. The number of aromatic nitrogens is 4. The Balaban J connectivity index is 1.79. The van der Waals surface area contributed by atoms with Crippen molar-refractivity contribution in [3.63, 3.8) is 0 Å². The Morgan fingerprint density at radius 1 is 1.06 bits per heavy atom. The summed E-state index contributed by atoms with van der Waals surface area (Å²) in [6, 6.07) is 1.81. The largest absolute Gasteiger partial charge is 0.377 e. The zero-order chi connectivity index (χ0) is 12.2. The SMILES string of the molecule is C(=CN1CCCCC1)c1nnc2ccncc2n1. The van der Waals surface area contributed by atoms with Crippen molar-refractivity contribution < 1.29 is 0 Å². The zero-order valence-electron chi connectivity index (χ0n) is 10.2. The molecule has 5 heteroatoms. The van der Waals surface area contributed by atoms with Crippen LogP contribution in [-0.4, -0.2) is 38.2 Å². The smallest absolute Gasteiger partial charge is 0.176 e.